The van der Waals surface area contributed by atoms with Gasteiger partial charge in [-0.2, -0.15) is 0 Å². The number of carbonyl (C=O) groups excluding carboxylic acids is 1. The van der Waals surface area contributed by atoms with E-state index in [0.29, 0.717) is 0 Å². The number of aromatic nitrogens is 1. The van der Waals surface area contributed by atoms with Gasteiger partial charge in [0.2, 0.25) is 0 Å². The molecule has 0 saturated carbocycles. The van der Waals surface area contributed by atoms with Gasteiger partial charge in [0.25, 0.3) is 0 Å². The number of aryl methyl sites for hydroxylation is 2. The van der Waals surface area contributed by atoms with E-state index in [0.717, 1.165) is 17.0 Å². The Morgan fingerprint density at radius 3 is 2.21 bits per heavy atom. The summed E-state index contributed by atoms with van der Waals surface area (Å²) in [5.74, 6) is 0.155. The van der Waals surface area contributed by atoms with Gasteiger partial charge in [0.05, 0.1) is 0 Å². The highest BCUT2D eigenvalue weighted by molar-refractivity contribution is 6.00. The molecule has 0 aromatic carbocycles. The highest BCUT2D eigenvalue weighted by Gasteiger charge is 2.24. The Labute approximate surface area is 85.4 Å². The minimum atomic E-state index is -0.332. The van der Waals surface area contributed by atoms with Crippen LogP contribution in [0.2, 0.25) is 0 Å². The molecule has 1 rings (SSSR count). The number of ketones is 1. The van der Waals surface area contributed by atoms with Crippen LogP contribution in [0.15, 0.2) is 12.1 Å². The molecule has 0 N–H and O–H groups in total. The van der Waals surface area contributed by atoms with Crippen molar-refractivity contribution in [3.63, 3.8) is 0 Å². The van der Waals surface area contributed by atoms with Crippen molar-refractivity contribution < 1.29 is 4.79 Å². The minimum absolute atomic E-state index is 0.155. The molecule has 0 aliphatic carbocycles. The highest BCUT2D eigenvalue weighted by atomic mass is 16.1. The minimum Gasteiger partial charge on any atom is -0.294 e. The molecular weight excluding hydrogens is 174 g/mol. The Hall–Kier alpha value is -1.18. The molecule has 14 heavy (non-hydrogen) atoms. The van der Waals surface area contributed by atoms with E-state index in [1.165, 1.54) is 0 Å². The normalized spacial score (nSPS) is 11.5. The van der Waals surface area contributed by atoms with Crippen LogP contribution in [0.3, 0.4) is 0 Å². The van der Waals surface area contributed by atoms with Crippen LogP contribution in [0.4, 0.5) is 0 Å². The maximum absolute atomic E-state index is 12.0. The van der Waals surface area contributed by atoms with Crippen molar-refractivity contribution in [3.8, 4) is 0 Å². The Balaban J connectivity index is 3.15. The third-order valence-corrected chi connectivity index (χ3v) is 2.15. The molecule has 0 bridgehead atoms. The predicted molar refractivity (Wildman–Crippen MR) is 57.5 cm³/mol. The first kappa shape index (κ1) is 10.9. The van der Waals surface area contributed by atoms with Crippen molar-refractivity contribution >= 4 is 5.78 Å². The second-order valence-electron chi connectivity index (χ2n) is 4.66. The SMILES string of the molecule is Cc1ccc(C(=O)C(C)(C)C)c(C)n1. The molecule has 76 valence electrons. The summed E-state index contributed by atoms with van der Waals surface area (Å²) in [6.45, 7) is 9.59. The lowest BCUT2D eigenvalue weighted by Gasteiger charge is -2.17. The first-order chi connectivity index (χ1) is 6.32. The highest BCUT2D eigenvalue weighted by Crippen LogP contribution is 2.22. The van der Waals surface area contributed by atoms with Crippen molar-refractivity contribution in [2.75, 3.05) is 0 Å². The van der Waals surface area contributed by atoms with Crippen LogP contribution >= 0.6 is 0 Å². The summed E-state index contributed by atoms with van der Waals surface area (Å²) in [4.78, 5) is 16.2. The number of hydrogen-bond acceptors (Lipinski definition) is 2. The molecule has 1 aromatic heterocycles. The lowest BCUT2D eigenvalue weighted by Crippen LogP contribution is -2.21. The van der Waals surface area contributed by atoms with Gasteiger partial charge >= 0.3 is 0 Å². The summed E-state index contributed by atoms with van der Waals surface area (Å²) < 4.78 is 0. The first-order valence-corrected chi connectivity index (χ1v) is 4.81. The number of Topliss-reactive ketones (excluding diaryl/α,β-unsaturated/α-hetero) is 1. The molecule has 0 amide bonds. The molecule has 0 aliphatic rings. The molecule has 2 nitrogen and oxygen atoms in total. The predicted octanol–water partition coefficient (Wildman–Crippen LogP) is 2.93. The lowest BCUT2D eigenvalue weighted by molar-refractivity contribution is 0.0857. The molecule has 0 spiro atoms. The molecule has 0 atom stereocenters. The maximum Gasteiger partial charge on any atom is 0.169 e. The van der Waals surface area contributed by atoms with E-state index < -0.39 is 0 Å². The zero-order valence-electron chi connectivity index (χ0n) is 9.51. The van der Waals surface area contributed by atoms with Crippen LogP contribution in [-0.2, 0) is 0 Å². The van der Waals surface area contributed by atoms with Gasteiger partial charge in [0, 0.05) is 22.4 Å². The van der Waals surface area contributed by atoms with Crippen molar-refractivity contribution in [1.82, 2.24) is 4.98 Å². The quantitative estimate of drug-likeness (QED) is 0.639. The third kappa shape index (κ3) is 2.19. The first-order valence-electron chi connectivity index (χ1n) is 4.81. The van der Waals surface area contributed by atoms with Crippen LogP contribution in [0.25, 0.3) is 0 Å². The summed E-state index contributed by atoms with van der Waals surface area (Å²) >= 11 is 0. The zero-order chi connectivity index (χ0) is 10.9. The maximum atomic E-state index is 12.0. The van der Waals surface area contributed by atoms with Crippen molar-refractivity contribution in [2.45, 2.75) is 34.6 Å². The van der Waals surface area contributed by atoms with E-state index in [2.05, 4.69) is 4.98 Å². The fraction of sp³-hybridized carbons (Fsp3) is 0.500. The van der Waals surface area contributed by atoms with Crippen molar-refractivity contribution in [3.05, 3.63) is 29.1 Å². The zero-order valence-corrected chi connectivity index (χ0v) is 9.51. The van der Waals surface area contributed by atoms with Crippen LogP contribution in [0.5, 0.6) is 0 Å². The standard InChI is InChI=1S/C12H17NO/c1-8-6-7-10(9(2)13-8)11(14)12(3,4)5/h6-7H,1-5H3. The Morgan fingerprint density at radius 1 is 1.21 bits per heavy atom. The Kier molecular flexibility index (Phi) is 2.74. The average molecular weight is 191 g/mol. The van der Waals surface area contributed by atoms with E-state index in [-0.39, 0.29) is 11.2 Å². The monoisotopic (exact) mass is 191 g/mol. The summed E-state index contributed by atoms with van der Waals surface area (Å²) in [6, 6.07) is 3.75. The molecule has 0 aliphatic heterocycles. The number of nitrogens with zero attached hydrogens (tertiary/aromatic N) is 1. The van der Waals surface area contributed by atoms with Gasteiger partial charge in [-0.15, -0.1) is 0 Å². The van der Waals surface area contributed by atoms with Gasteiger partial charge in [0.1, 0.15) is 0 Å². The van der Waals surface area contributed by atoms with Gasteiger partial charge in [-0.3, -0.25) is 9.78 Å². The van der Waals surface area contributed by atoms with Crippen LogP contribution in [0.1, 0.15) is 42.5 Å². The van der Waals surface area contributed by atoms with Gasteiger partial charge < -0.3 is 0 Å². The smallest absolute Gasteiger partial charge is 0.169 e. The van der Waals surface area contributed by atoms with Crippen molar-refractivity contribution in [2.24, 2.45) is 5.41 Å². The second-order valence-corrected chi connectivity index (χ2v) is 4.66. The fourth-order valence-electron chi connectivity index (χ4n) is 1.33. The van der Waals surface area contributed by atoms with E-state index in [1.807, 2.05) is 46.8 Å². The molecule has 0 saturated heterocycles. The van der Waals surface area contributed by atoms with Gasteiger partial charge in [-0.05, 0) is 26.0 Å². The summed E-state index contributed by atoms with van der Waals surface area (Å²) in [5, 5.41) is 0. The summed E-state index contributed by atoms with van der Waals surface area (Å²) in [5.41, 5.74) is 2.18. The molecule has 2 heteroatoms. The van der Waals surface area contributed by atoms with E-state index >= 15 is 0 Å². The molecule has 1 heterocycles. The van der Waals surface area contributed by atoms with E-state index in [4.69, 9.17) is 0 Å². The van der Waals surface area contributed by atoms with E-state index in [1.54, 1.807) is 0 Å². The van der Waals surface area contributed by atoms with Crippen LogP contribution in [-0.4, -0.2) is 10.8 Å². The summed E-state index contributed by atoms with van der Waals surface area (Å²) in [7, 11) is 0. The van der Waals surface area contributed by atoms with Crippen molar-refractivity contribution in [1.29, 1.82) is 0 Å². The second kappa shape index (κ2) is 3.52. The largest absolute Gasteiger partial charge is 0.294 e. The molecule has 1 aromatic rings. The summed E-state index contributed by atoms with van der Waals surface area (Å²) in [6.07, 6.45) is 0. The molecule has 0 radical (unpaired) electrons. The number of pyridine rings is 1. The van der Waals surface area contributed by atoms with Gasteiger partial charge in [-0.1, -0.05) is 20.8 Å². The average Bonchev–Trinajstić information content (AvgIpc) is 2.01. The molecular formula is C12H17NO. The molecule has 0 fully saturated rings. The molecule has 0 unspecified atom stereocenters. The van der Waals surface area contributed by atoms with Gasteiger partial charge in [0.15, 0.2) is 5.78 Å². The lowest BCUT2D eigenvalue weighted by atomic mass is 9.86. The Bertz CT molecular complexity index is 361. The fourth-order valence-corrected chi connectivity index (χ4v) is 1.33. The third-order valence-electron chi connectivity index (χ3n) is 2.15. The number of hydrogen-bond donors (Lipinski definition) is 0. The number of rotatable bonds is 1. The Morgan fingerprint density at radius 2 is 1.79 bits per heavy atom. The van der Waals surface area contributed by atoms with Gasteiger partial charge in [-0.25, -0.2) is 0 Å². The topological polar surface area (TPSA) is 30.0 Å². The van der Waals surface area contributed by atoms with E-state index in [9.17, 15) is 4.79 Å². The van der Waals surface area contributed by atoms with Crippen LogP contribution in [0, 0.1) is 19.3 Å². The number of carbonyl (C=O) groups is 1. The van der Waals surface area contributed by atoms with Crippen LogP contribution < -0.4 is 0 Å².